The maximum absolute atomic E-state index is 11.5. The van der Waals surface area contributed by atoms with Crippen molar-refractivity contribution < 1.29 is 9.53 Å². The monoisotopic (exact) mass is 250 g/mol. The Bertz CT molecular complexity index is 537. The molecule has 1 aliphatic heterocycles. The number of carbonyl (C=O) groups is 1. The molecule has 2 aromatic rings. The first-order valence-electron chi connectivity index (χ1n) is 5.27. The van der Waals surface area contributed by atoms with Gasteiger partial charge in [-0.3, -0.25) is 4.79 Å². The van der Waals surface area contributed by atoms with Crippen LogP contribution in [0.5, 0.6) is 0 Å². The fraction of sp³-hybridized carbons (Fsp3) is 0.400. The SMILES string of the molecule is CC1CC(Sc2nc3ncccn3n2)C(=O)O1. The van der Waals surface area contributed by atoms with E-state index < -0.39 is 0 Å². The van der Waals surface area contributed by atoms with Gasteiger partial charge in [-0.15, -0.1) is 5.10 Å². The molecule has 0 aliphatic carbocycles. The number of aromatic nitrogens is 4. The number of esters is 1. The van der Waals surface area contributed by atoms with Gasteiger partial charge in [0.15, 0.2) is 0 Å². The summed E-state index contributed by atoms with van der Waals surface area (Å²) in [5, 5.41) is 4.58. The minimum Gasteiger partial charge on any atom is -0.462 e. The maximum atomic E-state index is 11.5. The van der Waals surface area contributed by atoms with Crippen molar-refractivity contribution in [3.63, 3.8) is 0 Å². The molecule has 88 valence electrons. The second-order valence-corrected chi connectivity index (χ2v) is 5.02. The Morgan fingerprint density at radius 1 is 1.59 bits per heavy atom. The quantitative estimate of drug-likeness (QED) is 0.738. The van der Waals surface area contributed by atoms with Crippen molar-refractivity contribution in [1.29, 1.82) is 0 Å². The van der Waals surface area contributed by atoms with Gasteiger partial charge < -0.3 is 4.74 Å². The van der Waals surface area contributed by atoms with Crippen molar-refractivity contribution in [2.75, 3.05) is 0 Å². The van der Waals surface area contributed by atoms with Crippen molar-refractivity contribution in [3.05, 3.63) is 18.5 Å². The molecule has 2 aromatic heterocycles. The van der Waals surface area contributed by atoms with Crippen molar-refractivity contribution in [3.8, 4) is 0 Å². The van der Waals surface area contributed by atoms with E-state index in [1.807, 2.05) is 6.92 Å². The number of ether oxygens (including phenoxy) is 1. The fourth-order valence-corrected chi connectivity index (χ4v) is 2.75. The predicted octanol–water partition coefficient (Wildman–Crippen LogP) is 0.920. The zero-order valence-corrected chi connectivity index (χ0v) is 9.92. The lowest BCUT2D eigenvalue weighted by atomic mass is 10.3. The van der Waals surface area contributed by atoms with Gasteiger partial charge in [0.05, 0.1) is 0 Å². The highest BCUT2D eigenvalue weighted by molar-refractivity contribution is 8.00. The first kappa shape index (κ1) is 10.5. The zero-order chi connectivity index (χ0) is 11.8. The van der Waals surface area contributed by atoms with Crippen molar-refractivity contribution in [1.82, 2.24) is 19.6 Å². The third-order valence-electron chi connectivity index (χ3n) is 2.47. The topological polar surface area (TPSA) is 69.4 Å². The molecule has 1 aliphatic rings. The van der Waals surface area contributed by atoms with Crippen molar-refractivity contribution >= 4 is 23.5 Å². The smallest absolute Gasteiger partial charge is 0.319 e. The molecule has 1 fully saturated rings. The largest absolute Gasteiger partial charge is 0.462 e. The highest BCUT2D eigenvalue weighted by Crippen LogP contribution is 2.30. The third-order valence-corrected chi connectivity index (χ3v) is 3.52. The van der Waals surface area contributed by atoms with E-state index in [-0.39, 0.29) is 17.3 Å². The highest BCUT2D eigenvalue weighted by atomic mass is 32.2. The standard InChI is InChI=1S/C10H10N4O2S/c1-6-5-7(8(15)16-6)17-10-12-9-11-3-2-4-14(9)13-10/h2-4,6-7H,5H2,1H3. The van der Waals surface area contributed by atoms with E-state index >= 15 is 0 Å². The summed E-state index contributed by atoms with van der Waals surface area (Å²) in [5.41, 5.74) is 0. The molecule has 0 radical (unpaired) electrons. The molecule has 7 heteroatoms. The van der Waals surface area contributed by atoms with Crippen LogP contribution < -0.4 is 0 Å². The van der Waals surface area contributed by atoms with Gasteiger partial charge in [-0.05, 0) is 13.0 Å². The molecule has 0 amide bonds. The minimum atomic E-state index is -0.206. The second kappa shape index (κ2) is 3.99. The van der Waals surface area contributed by atoms with Crippen molar-refractivity contribution in [2.45, 2.75) is 29.9 Å². The summed E-state index contributed by atoms with van der Waals surface area (Å²) < 4.78 is 6.67. The molecule has 3 heterocycles. The Morgan fingerprint density at radius 3 is 3.18 bits per heavy atom. The number of thioether (sulfide) groups is 1. The van der Waals surface area contributed by atoms with Crippen LogP contribution >= 0.6 is 11.8 Å². The van der Waals surface area contributed by atoms with Gasteiger partial charge in [0, 0.05) is 18.8 Å². The van der Waals surface area contributed by atoms with E-state index in [1.165, 1.54) is 11.8 Å². The van der Waals surface area contributed by atoms with Gasteiger partial charge in [-0.25, -0.2) is 9.50 Å². The number of rotatable bonds is 2. The fourth-order valence-electron chi connectivity index (χ4n) is 1.71. The summed E-state index contributed by atoms with van der Waals surface area (Å²) in [6, 6.07) is 1.78. The van der Waals surface area contributed by atoms with Crippen LogP contribution in [0.2, 0.25) is 0 Å². The normalized spacial score (nSPS) is 24.2. The first-order valence-corrected chi connectivity index (χ1v) is 6.15. The van der Waals surface area contributed by atoms with Crippen LogP contribution in [0.25, 0.3) is 5.78 Å². The molecule has 0 aromatic carbocycles. The Hall–Kier alpha value is -1.63. The Balaban J connectivity index is 1.83. The molecule has 0 saturated carbocycles. The zero-order valence-electron chi connectivity index (χ0n) is 9.11. The van der Waals surface area contributed by atoms with E-state index in [1.54, 1.807) is 23.0 Å². The van der Waals surface area contributed by atoms with Crippen LogP contribution in [0.15, 0.2) is 23.6 Å². The minimum absolute atomic E-state index is 0.0184. The molecular weight excluding hydrogens is 240 g/mol. The molecule has 0 bridgehead atoms. The number of fused-ring (bicyclic) bond motifs is 1. The van der Waals surface area contributed by atoms with E-state index in [0.717, 1.165) is 0 Å². The summed E-state index contributed by atoms with van der Waals surface area (Å²) in [6.45, 7) is 1.89. The lowest BCUT2D eigenvalue weighted by molar-refractivity contribution is -0.140. The third kappa shape index (κ3) is 1.97. The van der Waals surface area contributed by atoms with Gasteiger partial charge in [-0.1, -0.05) is 11.8 Å². The van der Waals surface area contributed by atoms with Gasteiger partial charge >= 0.3 is 5.97 Å². The van der Waals surface area contributed by atoms with E-state index in [9.17, 15) is 4.79 Å². The molecule has 1 saturated heterocycles. The van der Waals surface area contributed by atoms with E-state index in [0.29, 0.717) is 17.4 Å². The first-order chi connectivity index (χ1) is 8.22. The Labute approximate surface area is 101 Å². The molecular formula is C10H10N4O2S. The van der Waals surface area contributed by atoms with Crippen molar-refractivity contribution in [2.24, 2.45) is 0 Å². The molecule has 2 unspecified atom stereocenters. The average Bonchev–Trinajstić information content (AvgIpc) is 2.82. The summed E-state index contributed by atoms with van der Waals surface area (Å²) in [7, 11) is 0. The average molecular weight is 250 g/mol. The molecule has 6 nitrogen and oxygen atoms in total. The number of carbonyl (C=O) groups excluding carboxylic acids is 1. The molecule has 0 spiro atoms. The number of hydrogen-bond acceptors (Lipinski definition) is 6. The van der Waals surface area contributed by atoms with Crippen LogP contribution in [-0.2, 0) is 9.53 Å². The Morgan fingerprint density at radius 2 is 2.47 bits per heavy atom. The molecule has 3 rings (SSSR count). The van der Waals surface area contributed by atoms with E-state index in [2.05, 4.69) is 15.1 Å². The van der Waals surface area contributed by atoms with Gasteiger partial charge in [0.1, 0.15) is 11.4 Å². The molecule has 0 N–H and O–H groups in total. The highest BCUT2D eigenvalue weighted by Gasteiger charge is 2.33. The Kier molecular flexibility index (Phi) is 2.47. The van der Waals surface area contributed by atoms with Crippen LogP contribution in [0.4, 0.5) is 0 Å². The molecule has 17 heavy (non-hydrogen) atoms. The second-order valence-electron chi connectivity index (χ2n) is 3.85. The lowest BCUT2D eigenvalue weighted by Crippen LogP contribution is -2.09. The van der Waals surface area contributed by atoms with Crippen LogP contribution in [0.1, 0.15) is 13.3 Å². The van der Waals surface area contributed by atoms with Crippen LogP contribution in [0, 0.1) is 0 Å². The number of nitrogens with zero attached hydrogens (tertiary/aromatic N) is 4. The van der Waals surface area contributed by atoms with Gasteiger partial charge in [-0.2, -0.15) is 4.98 Å². The summed E-state index contributed by atoms with van der Waals surface area (Å²) >= 11 is 1.33. The summed E-state index contributed by atoms with van der Waals surface area (Å²) in [4.78, 5) is 19.8. The van der Waals surface area contributed by atoms with Gasteiger partial charge in [0.2, 0.25) is 5.16 Å². The molecule has 2 atom stereocenters. The maximum Gasteiger partial charge on any atom is 0.319 e. The summed E-state index contributed by atoms with van der Waals surface area (Å²) in [5.74, 6) is 0.351. The predicted molar refractivity (Wildman–Crippen MR) is 60.6 cm³/mol. The van der Waals surface area contributed by atoms with Crippen LogP contribution in [0.3, 0.4) is 0 Å². The van der Waals surface area contributed by atoms with E-state index in [4.69, 9.17) is 4.74 Å². The number of cyclic esters (lactones) is 1. The lowest BCUT2D eigenvalue weighted by Gasteiger charge is -1.98. The number of hydrogen-bond donors (Lipinski definition) is 0. The van der Waals surface area contributed by atoms with Crippen LogP contribution in [-0.4, -0.2) is 36.9 Å². The van der Waals surface area contributed by atoms with Gasteiger partial charge in [0.25, 0.3) is 5.78 Å². The summed E-state index contributed by atoms with van der Waals surface area (Å²) in [6.07, 6.45) is 4.11.